The van der Waals surface area contributed by atoms with E-state index in [1.807, 2.05) is 37.3 Å². The van der Waals surface area contributed by atoms with E-state index in [4.69, 9.17) is 6.42 Å². The van der Waals surface area contributed by atoms with Gasteiger partial charge in [-0.15, -0.1) is 6.42 Å². The summed E-state index contributed by atoms with van der Waals surface area (Å²) < 4.78 is 0. The molecule has 1 nitrogen and oxygen atoms in total. The molecule has 0 aliphatic carbocycles. The Bertz CT molecular complexity index is 306. The summed E-state index contributed by atoms with van der Waals surface area (Å²) in [4.78, 5) is 11.1. The normalized spacial score (nSPS) is 11.7. The van der Waals surface area contributed by atoms with Crippen LogP contribution in [0.5, 0.6) is 0 Å². The molecule has 0 spiro atoms. The summed E-state index contributed by atoms with van der Waals surface area (Å²) in [6.07, 6.45) is 5.01. The maximum atomic E-state index is 11.1. The molecular formula is C11H10O. The van der Waals surface area contributed by atoms with Crippen LogP contribution in [0.25, 0.3) is 0 Å². The molecule has 1 heteroatoms. The number of rotatable bonds is 2. The SMILES string of the molecule is C#CC(=O)C(C)c1ccccc1. The minimum absolute atomic E-state index is 0.166. The van der Waals surface area contributed by atoms with Crippen molar-refractivity contribution in [3.8, 4) is 12.3 Å². The molecule has 0 radical (unpaired) electrons. The standard InChI is InChI=1S/C11H10O/c1-3-11(12)9(2)10-7-5-4-6-8-10/h1,4-9H,2H3. The smallest absolute Gasteiger partial charge is 0.212 e. The second-order valence-corrected chi connectivity index (χ2v) is 2.64. The highest BCUT2D eigenvalue weighted by Gasteiger charge is 2.11. The van der Waals surface area contributed by atoms with Gasteiger partial charge in [0.1, 0.15) is 0 Å². The second kappa shape index (κ2) is 3.73. The summed E-state index contributed by atoms with van der Waals surface area (Å²) in [5, 5.41) is 0. The zero-order valence-electron chi connectivity index (χ0n) is 6.95. The maximum absolute atomic E-state index is 11.1. The third-order valence-corrected chi connectivity index (χ3v) is 1.84. The van der Waals surface area contributed by atoms with Crippen LogP contribution < -0.4 is 0 Å². The number of carbonyl (C=O) groups excluding carboxylic acids is 1. The average molecular weight is 158 g/mol. The van der Waals surface area contributed by atoms with E-state index in [0.717, 1.165) is 5.56 Å². The summed E-state index contributed by atoms with van der Waals surface area (Å²) in [5.41, 5.74) is 0.973. The van der Waals surface area contributed by atoms with E-state index in [0.29, 0.717) is 0 Å². The van der Waals surface area contributed by atoms with Crippen LogP contribution in [-0.4, -0.2) is 5.78 Å². The second-order valence-electron chi connectivity index (χ2n) is 2.64. The molecule has 12 heavy (non-hydrogen) atoms. The highest BCUT2D eigenvalue weighted by Crippen LogP contribution is 2.14. The van der Waals surface area contributed by atoms with Gasteiger partial charge in [0.15, 0.2) is 0 Å². The van der Waals surface area contributed by atoms with Crippen LogP contribution in [-0.2, 0) is 4.79 Å². The molecule has 1 rings (SSSR count). The van der Waals surface area contributed by atoms with Crippen molar-refractivity contribution in [2.75, 3.05) is 0 Å². The Morgan fingerprint density at radius 3 is 2.50 bits per heavy atom. The zero-order valence-corrected chi connectivity index (χ0v) is 6.95. The van der Waals surface area contributed by atoms with Crippen molar-refractivity contribution in [2.24, 2.45) is 0 Å². The first-order valence-electron chi connectivity index (χ1n) is 3.81. The van der Waals surface area contributed by atoms with E-state index >= 15 is 0 Å². The van der Waals surface area contributed by atoms with Gasteiger partial charge in [0, 0.05) is 0 Å². The first-order chi connectivity index (χ1) is 5.75. The molecular weight excluding hydrogens is 148 g/mol. The van der Waals surface area contributed by atoms with Crippen LogP contribution in [0.3, 0.4) is 0 Å². The van der Waals surface area contributed by atoms with Gasteiger partial charge >= 0.3 is 0 Å². The van der Waals surface area contributed by atoms with Crippen molar-refractivity contribution in [2.45, 2.75) is 12.8 Å². The number of hydrogen-bond donors (Lipinski definition) is 0. The molecule has 0 saturated carbocycles. The molecule has 1 unspecified atom stereocenters. The van der Waals surface area contributed by atoms with Crippen LogP contribution in [0.1, 0.15) is 18.4 Å². The number of Topliss-reactive ketones (excluding diaryl/α,β-unsaturated/α-hetero) is 1. The van der Waals surface area contributed by atoms with Gasteiger partial charge in [0.25, 0.3) is 0 Å². The highest BCUT2D eigenvalue weighted by atomic mass is 16.1. The molecule has 0 saturated heterocycles. The minimum atomic E-state index is -0.184. The summed E-state index contributed by atoms with van der Waals surface area (Å²) in [5.74, 6) is 1.77. The first kappa shape index (κ1) is 8.55. The molecule has 1 atom stereocenters. The molecule has 1 aromatic carbocycles. The lowest BCUT2D eigenvalue weighted by Gasteiger charge is -2.05. The quantitative estimate of drug-likeness (QED) is 0.475. The molecule has 60 valence electrons. The summed E-state index contributed by atoms with van der Waals surface area (Å²) >= 11 is 0. The van der Waals surface area contributed by atoms with Crippen molar-refractivity contribution in [3.63, 3.8) is 0 Å². The Labute approximate surface area is 72.4 Å². The molecule has 0 aromatic heterocycles. The van der Waals surface area contributed by atoms with Gasteiger partial charge in [-0.25, -0.2) is 0 Å². The zero-order chi connectivity index (χ0) is 8.97. The fourth-order valence-corrected chi connectivity index (χ4v) is 1.02. The molecule has 0 fully saturated rings. The summed E-state index contributed by atoms with van der Waals surface area (Å²) in [6, 6.07) is 9.52. The topological polar surface area (TPSA) is 17.1 Å². The van der Waals surface area contributed by atoms with Gasteiger partial charge in [0.05, 0.1) is 5.92 Å². The van der Waals surface area contributed by atoms with Crippen molar-refractivity contribution in [3.05, 3.63) is 35.9 Å². The fraction of sp³-hybridized carbons (Fsp3) is 0.182. The Balaban J connectivity index is 2.87. The van der Waals surface area contributed by atoms with E-state index < -0.39 is 0 Å². The van der Waals surface area contributed by atoms with Crippen LogP contribution >= 0.6 is 0 Å². The average Bonchev–Trinajstić information content (AvgIpc) is 2.17. The van der Waals surface area contributed by atoms with Crippen molar-refractivity contribution < 1.29 is 4.79 Å². The monoisotopic (exact) mass is 158 g/mol. The minimum Gasteiger partial charge on any atom is -0.284 e. The lowest BCUT2D eigenvalue weighted by atomic mass is 9.97. The van der Waals surface area contributed by atoms with Gasteiger partial charge in [-0.1, -0.05) is 37.3 Å². The molecule has 0 bridgehead atoms. The van der Waals surface area contributed by atoms with Crippen LogP contribution in [0.2, 0.25) is 0 Å². The van der Waals surface area contributed by atoms with Crippen molar-refractivity contribution in [1.29, 1.82) is 0 Å². The molecule has 0 heterocycles. The van der Waals surface area contributed by atoms with Crippen molar-refractivity contribution in [1.82, 2.24) is 0 Å². The third kappa shape index (κ3) is 1.73. The van der Waals surface area contributed by atoms with Crippen LogP contribution in [0, 0.1) is 12.3 Å². The number of ketones is 1. The number of carbonyl (C=O) groups is 1. The van der Waals surface area contributed by atoms with Gasteiger partial charge in [-0.3, -0.25) is 4.79 Å². The van der Waals surface area contributed by atoms with E-state index in [1.165, 1.54) is 0 Å². The molecule has 0 aliphatic heterocycles. The molecule has 0 N–H and O–H groups in total. The molecule has 0 aliphatic rings. The van der Waals surface area contributed by atoms with Crippen molar-refractivity contribution >= 4 is 5.78 Å². The molecule has 0 amide bonds. The predicted molar refractivity (Wildman–Crippen MR) is 48.7 cm³/mol. The van der Waals surface area contributed by atoms with Gasteiger partial charge in [0.2, 0.25) is 5.78 Å². The van der Waals surface area contributed by atoms with E-state index in [-0.39, 0.29) is 11.7 Å². The van der Waals surface area contributed by atoms with Crippen LogP contribution in [0.4, 0.5) is 0 Å². The van der Waals surface area contributed by atoms with Gasteiger partial charge < -0.3 is 0 Å². The Morgan fingerprint density at radius 2 is 2.00 bits per heavy atom. The third-order valence-electron chi connectivity index (χ3n) is 1.84. The Kier molecular flexibility index (Phi) is 2.66. The van der Waals surface area contributed by atoms with E-state index in [2.05, 4.69) is 5.92 Å². The summed E-state index contributed by atoms with van der Waals surface area (Å²) in [7, 11) is 0. The highest BCUT2D eigenvalue weighted by molar-refractivity contribution is 5.99. The lowest BCUT2D eigenvalue weighted by molar-refractivity contribution is -0.114. The number of terminal acetylenes is 1. The summed E-state index contributed by atoms with van der Waals surface area (Å²) in [6.45, 7) is 1.82. The fourth-order valence-electron chi connectivity index (χ4n) is 1.02. The Morgan fingerprint density at radius 1 is 1.42 bits per heavy atom. The van der Waals surface area contributed by atoms with Crippen LogP contribution in [0.15, 0.2) is 30.3 Å². The largest absolute Gasteiger partial charge is 0.284 e. The number of benzene rings is 1. The first-order valence-corrected chi connectivity index (χ1v) is 3.81. The number of hydrogen-bond acceptors (Lipinski definition) is 1. The van der Waals surface area contributed by atoms with E-state index in [1.54, 1.807) is 0 Å². The van der Waals surface area contributed by atoms with Gasteiger partial charge in [-0.05, 0) is 11.5 Å². The lowest BCUT2D eigenvalue weighted by Crippen LogP contribution is -2.05. The maximum Gasteiger partial charge on any atom is 0.212 e. The molecule has 1 aromatic rings. The Hall–Kier alpha value is -1.55. The van der Waals surface area contributed by atoms with Gasteiger partial charge in [-0.2, -0.15) is 0 Å². The van der Waals surface area contributed by atoms with E-state index in [9.17, 15) is 4.79 Å². The predicted octanol–water partition coefficient (Wildman–Crippen LogP) is 1.99.